The second-order valence-electron chi connectivity index (χ2n) is 6.01. The molecule has 0 fully saturated rings. The van der Waals surface area contributed by atoms with Crippen molar-refractivity contribution in [2.24, 2.45) is 5.14 Å². The summed E-state index contributed by atoms with van der Waals surface area (Å²) in [6, 6.07) is 12.9. The first-order chi connectivity index (χ1) is 14.3. The summed E-state index contributed by atoms with van der Waals surface area (Å²) in [4.78, 5) is 24.4. The van der Waals surface area contributed by atoms with Gasteiger partial charge in [0.25, 0.3) is 5.91 Å². The van der Waals surface area contributed by atoms with Gasteiger partial charge in [-0.15, -0.1) is 11.3 Å². The Morgan fingerprint density at radius 3 is 2.43 bits per heavy atom. The second-order valence-corrected chi connectivity index (χ2v) is 9.00. The summed E-state index contributed by atoms with van der Waals surface area (Å²) >= 11 is 7.48. The topological polar surface area (TPSA) is 125 Å². The van der Waals surface area contributed by atoms with E-state index in [0.29, 0.717) is 15.6 Å². The normalized spacial score (nSPS) is 11.3. The highest BCUT2D eigenvalue weighted by molar-refractivity contribution is 7.89. The maximum Gasteiger partial charge on any atom is 0.325 e. The van der Waals surface area contributed by atoms with Crippen molar-refractivity contribution in [2.75, 3.05) is 19.8 Å². The summed E-state index contributed by atoms with van der Waals surface area (Å²) < 4.78 is 33.6. The van der Waals surface area contributed by atoms with E-state index in [2.05, 4.69) is 5.32 Å². The van der Waals surface area contributed by atoms with Crippen LogP contribution in [0, 0.1) is 0 Å². The Morgan fingerprint density at radius 2 is 1.77 bits per heavy atom. The summed E-state index contributed by atoms with van der Waals surface area (Å²) in [6.45, 7) is -0.307. The number of amides is 1. The molecular weight excluding hydrogens is 452 g/mol. The van der Waals surface area contributed by atoms with Gasteiger partial charge in [0.2, 0.25) is 10.0 Å². The van der Waals surface area contributed by atoms with Gasteiger partial charge in [0.1, 0.15) is 30.4 Å². The molecule has 11 heteroatoms. The minimum Gasteiger partial charge on any atom is -0.490 e. The van der Waals surface area contributed by atoms with Crippen molar-refractivity contribution in [2.45, 2.75) is 4.90 Å². The van der Waals surface area contributed by atoms with E-state index in [4.69, 9.17) is 26.2 Å². The lowest BCUT2D eigenvalue weighted by Crippen LogP contribution is -2.30. The lowest BCUT2D eigenvalue weighted by molar-refractivity contribution is -0.143. The lowest BCUT2D eigenvalue weighted by Gasteiger charge is -2.08. The molecule has 0 radical (unpaired) electrons. The molecule has 0 bridgehead atoms. The predicted octanol–water partition coefficient (Wildman–Crippen LogP) is 2.55. The van der Waals surface area contributed by atoms with Crippen LogP contribution in [-0.4, -0.2) is 40.1 Å². The molecule has 0 unspecified atom stereocenters. The Morgan fingerprint density at radius 1 is 1.07 bits per heavy atom. The molecule has 1 amide bonds. The molecule has 0 saturated carbocycles. The predicted molar refractivity (Wildman–Crippen MR) is 113 cm³/mol. The van der Waals surface area contributed by atoms with Crippen LogP contribution in [0.15, 0.2) is 53.4 Å². The summed E-state index contributed by atoms with van der Waals surface area (Å²) in [7, 11) is -3.77. The zero-order valence-electron chi connectivity index (χ0n) is 15.5. The Balaban J connectivity index is 1.41. The van der Waals surface area contributed by atoms with E-state index in [0.717, 1.165) is 10.1 Å². The SMILES string of the molecule is NS(=O)(=O)c1ccc(OCCOC(=O)CNC(=O)c2sc3ccccc3c2Cl)cc1. The molecule has 0 saturated heterocycles. The number of hydrogen-bond acceptors (Lipinski definition) is 7. The fourth-order valence-corrected chi connectivity index (χ4v) is 4.43. The van der Waals surface area contributed by atoms with Crippen LogP contribution in [0.1, 0.15) is 9.67 Å². The number of ether oxygens (including phenoxy) is 2. The fourth-order valence-electron chi connectivity index (χ4n) is 2.48. The van der Waals surface area contributed by atoms with Crippen molar-refractivity contribution in [1.82, 2.24) is 5.32 Å². The number of carbonyl (C=O) groups is 2. The van der Waals surface area contributed by atoms with Crippen LogP contribution in [0.5, 0.6) is 5.75 Å². The molecule has 0 aliphatic carbocycles. The van der Waals surface area contributed by atoms with Crippen molar-refractivity contribution in [1.29, 1.82) is 0 Å². The third-order valence-electron chi connectivity index (χ3n) is 3.90. The number of rotatable bonds is 8. The average molecular weight is 469 g/mol. The molecule has 0 aliphatic heterocycles. The van der Waals surface area contributed by atoms with Crippen molar-refractivity contribution >= 4 is 54.9 Å². The molecule has 3 aromatic rings. The number of thiophene rings is 1. The number of carbonyl (C=O) groups excluding carboxylic acids is 2. The molecule has 2 aromatic carbocycles. The lowest BCUT2D eigenvalue weighted by atomic mass is 10.2. The largest absolute Gasteiger partial charge is 0.490 e. The van der Waals surface area contributed by atoms with Crippen LogP contribution in [0.25, 0.3) is 10.1 Å². The van der Waals surface area contributed by atoms with Gasteiger partial charge in [-0.3, -0.25) is 9.59 Å². The Hall–Kier alpha value is -2.66. The van der Waals surface area contributed by atoms with Gasteiger partial charge in [0.15, 0.2) is 0 Å². The van der Waals surface area contributed by atoms with E-state index in [-0.39, 0.29) is 24.7 Å². The molecule has 1 heterocycles. The quantitative estimate of drug-likeness (QED) is 0.386. The van der Waals surface area contributed by atoms with Crippen molar-refractivity contribution in [3.8, 4) is 5.75 Å². The van der Waals surface area contributed by atoms with Gasteiger partial charge >= 0.3 is 5.97 Å². The zero-order chi connectivity index (χ0) is 21.7. The van der Waals surface area contributed by atoms with E-state index in [1.165, 1.54) is 35.6 Å². The molecule has 3 rings (SSSR count). The maximum absolute atomic E-state index is 12.3. The van der Waals surface area contributed by atoms with E-state index < -0.39 is 21.9 Å². The summed E-state index contributed by atoms with van der Waals surface area (Å²) in [5.41, 5.74) is 0. The average Bonchev–Trinajstić information content (AvgIpc) is 3.06. The summed E-state index contributed by atoms with van der Waals surface area (Å²) in [5.74, 6) is -0.691. The molecule has 0 atom stereocenters. The number of esters is 1. The van der Waals surface area contributed by atoms with Crippen LogP contribution in [0.3, 0.4) is 0 Å². The molecule has 0 aliphatic rings. The van der Waals surface area contributed by atoms with Crippen LogP contribution < -0.4 is 15.2 Å². The number of hydrogen-bond donors (Lipinski definition) is 2. The number of sulfonamides is 1. The first-order valence-electron chi connectivity index (χ1n) is 8.62. The highest BCUT2D eigenvalue weighted by Gasteiger charge is 2.17. The Bertz CT molecular complexity index is 1180. The standard InChI is InChI=1S/C19H17ClN2O6S2/c20-17-14-3-1-2-4-15(14)29-18(17)19(24)22-11-16(23)28-10-9-27-12-5-7-13(8-6-12)30(21,25)26/h1-8H,9-11H2,(H,22,24)(H2,21,25,26). The Kier molecular flexibility index (Phi) is 6.93. The highest BCUT2D eigenvalue weighted by atomic mass is 35.5. The number of halogens is 1. The summed E-state index contributed by atoms with van der Waals surface area (Å²) in [5, 5.41) is 8.63. The fraction of sp³-hybridized carbons (Fsp3) is 0.158. The zero-order valence-corrected chi connectivity index (χ0v) is 17.9. The molecule has 3 N–H and O–H groups in total. The van der Waals surface area contributed by atoms with Gasteiger partial charge in [-0.05, 0) is 30.3 Å². The van der Waals surface area contributed by atoms with E-state index in [1.807, 2.05) is 24.3 Å². The van der Waals surface area contributed by atoms with Gasteiger partial charge in [0, 0.05) is 10.1 Å². The minimum absolute atomic E-state index is 0.0317. The van der Waals surface area contributed by atoms with Gasteiger partial charge in [0.05, 0.1) is 9.92 Å². The number of fused-ring (bicyclic) bond motifs is 1. The second kappa shape index (κ2) is 9.43. The number of nitrogens with two attached hydrogens (primary N) is 1. The van der Waals surface area contributed by atoms with Crippen molar-refractivity contribution in [3.63, 3.8) is 0 Å². The molecule has 1 aromatic heterocycles. The first-order valence-corrected chi connectivity index (χ1v) is 11.4. The smallest absolute Gasteiger partial charge is 0.325 e. The van der Waals surface area contributed by atoms with Crippen LogP contribution in [0.4, 0.5) is 0 Å². The summed E-state index contributed by atoms with van der Waals surface area (Å²) in [6.07, 6.45) is 0. The third-order valence-corrected chi connectivity index (χ3v) is 6.51. The van der Waals surface area contributed by atoms with Gasteiger partial charge in [-0.1, -0.05) is 29.8 Å². The highest BCUT2D eigenvalue weighted by Crippen LogP contribution is 2.34. The monoisotopic (exact) mass is 468 g/mol. The van der Waals surface area contributed by atoms with Crippen LogP contribution in [-0.2, 0) is 19.6 Å². The number of nitrogens with one attached hydrogen (secondary N) is 1. The van der Waals surface area contributed by atoms with Crippen molar-refractivity contribution in [3.05, 3.63) is 58.4 Å². The molecule has 8 nitrogen and oxygen atoms in total. The molecular formula is C19H17ClN2O6S2. The van der Waals surface area contributed by atoms with Gasteiger partial charge in [-0.25, -0.2) is 13.6 Å². The van der Waals surface area contributed by atoms with Gasteiger partial charge in [-0.2, -0.15) is 0 Å². The third kappa shape index (κ3) is 5.48. The number of primary sulfonamides is 1. The Labute approximate surface area is 181 Å². The number of benzene rings is 2. The molecule has 158 valence electrons. The molecule has 30 heavy (non-hydrogen) atoms. The maximum atomic E-state index is 12.3. The van der Waals surface area contributed by atoms with Crippen molar-refractivity contribution < 1.29 is 27.5 Å². The van der Waals surface area contributed by atoms with Crippen LogP contribution >= 0.6 is 22.9 Å². The van der Waals surface area contributed by atoms with E-state index >= 15 is 0 Å². The van der Waals surface area contributed by atoms with Gasteiger partial charge < -0.3 is 14.8 Å². The molecule has 0 spiro atoms. The minimum atomic E-state index is -3.77. The van der Waals surface area contributed by atoms with E-state index in [9.17, 15) is 18.0 Å². The van der Waals surface area contributed by atoms with E-state index in [1.54, 1.807) is 0 Å². The van der Waals surface area contributed by atoms with Crippen LogP contribution in [0.2, 0.25) is 5.02 Å². The first kappa shape index (κ1) is 22.0.